The van der Waals surface area contributed by atoms with Gasteiger partial charge in [-0.15, -0.1) is 11.6 Å². The van der Waals surface area contributed by atoms with Crippen LogP contribution in [0.4, 0.5) is 4.39 Å². The summed E-state index contributed by atoms with van der Waals surface area (Å²) in [6, 6.07) is 3.38. The largest absolute Gasteiger partial charge is 0.327 e. The highest BCUT2D eigenvalue weighted by molar-refractivity contribution is 9.10. The topological polar surface area (TPSA) is 17.8 Å². The summed E-state index contributed by atoms with van der Waals surface area (Å²) in [7, 11) is 0. The molecule has 0 aliphatic heterocycles. The van der Waals surface area contributed by atoms with Gasteiger partial charge in [0.2, 0.25) is 0 Å². The van der Waals surface area contributed by atoms with Crippen molar-refractivity contribution in [2.24, 2.45) is 11.3 Å². The first-order valence-corrected chi connectivity index (χ1v) is 8.86. The number of imidazole rings is 1. The molecule has 0 N–H and O–H groups in total. The van der Waals surface area contributed by atoms with Crippen molar-refractivity contribution in [3.05, 3.63) is 28.2 Å². The molecule has 2 nitrogen and oxygen atoms in total. The van der Waals surface area contributed by atoms with Crippen LogP contribution in [0.15, 0.2) is 16.6 Å². The number of nitrogens with zero attached hydrogens (tertiary/aromatic N) is 2. The van der Waals surface area contributed by atoms with Crippen LogP contribution in [0.25, 0.3) is 11.0 Å². The Morgan fingerprint density at radius 2 is 2.14 bits per heavy atom. The van der Waals surface area contributed by atoms with E-state index in [0.29, 0.717) is 15.8 Å². The van der Waals surface area contributed by atoms with E-state index in [9.17, 15) is 4.39 Å². The summed E-state index contributed by atoms with van der Waals surface area (Å²) in [6.07, 6.45) is 6.05. The van der Waals surface area contributed by atoms with Gasteiger partial charge in [0.1, 0.15) is 11.6 Å². The zero-order valence-electron chi connectivity index (χ0n) is 11.7. The van der Waals surface area contributed by atoms with Crippen molar-refractivity contribution >= 4 is 38.6 Å². The number of fused-ring (bicyclic) bond motifs is 1. The fourth-order valence-electron chi connectivity index (χ4n) is 3.49. The van der Waals surface area contributed by atoms with Gasteiger partial charge in [-0.25, -0.2) is 9.37 Å². The molecule has 0 saturated heterocycles. The van der Waals surface area contributed by atoms with Crippen molar-refractivity contribution in [2.45, 2.75) is 38.6 Å². The third kappa shape index (κ3) is 2.40. The molecule has 0 atom stereocenters. The number of hydrogen-bond donors (Lipinski definition) is 0. The number of alkyl halides is 1. The van der Waals surface area contributed by atoms with Gasteiger partial charge < -0.3 is 4.57 Å². The van der Waals surface area contributed by atoms with Gasteiger partial charge in [-0.1, -0.05) is 0 Å². The van der Waals surface area contributed by atoms with Crippen LogP contribution >= 0.6 is 27.5 Å². The maximum Gasteiger partial charge on any atom is 0.139 e. The fraction of sp³-hybridized carbons (Fsp3) is 0.562. The quantitative estimate of drug-likeness (QED) is 0.683. The Hall–Kier alpha value is -0.610. The minimum Gasteiger partial charge on any atom is -0.327 e. The van der Waals surface area contributed by atoms with Crippen LogP contribution < -0.4 is 0 Å². The predicted octanol–water partition coefficient (Wildman–Crippen LogP) is 4.91. The number of hydrogen-bond acceptors (Lipinski definition) is 1. The highest BCUT2D eigenvalue weighted by Crippen LogP contribution is 2.62. The van der Waals surface area contributed by atoms with E-state index in [1.165, 1.54) is 25.7 Å². The number of aromatic nitrogens is 2. The van der Waals surface area contributed by atoms with Gasteiger partial charge in [-0.05, 0) is 59.0 Å². The van der Waals surface area contributed by atoms with Crippen LogP contribution in [-0.4, -0.2) is 15.4 Å². The Labute approximate surface area is 136 Å². The Kier molecular flexibility index (Phi) is 3.30. The van der Waals surface area contributed by atoms with Crippen molar-refractivity contribution < 1.29 is 4.39 Å². The van der Waals surface area contributed by atoms with Crippen LogP contribution in [0.3, 0.4) is 0 Å². The van der Waals surface area contributed by atoms with Crippen molar-refractivity contribution in [1.82, 2.24) is 9.55 Å². The summed E-state index contributed by atoms with van der Waals surface area (Å²) in [6.45, 7) is 0.974. The number of halogens is 3. The highest BCUT2D eigenvalue weighted by atomic mass is 79.9. The second-order valence-corrected chi connectivity index (χ2v) is 7.68. The molecule has 2 aliphatic rings. The lowest BCUT2D eigenvalue weighted by molar-refractivity contribution is 0.369. The zero-order valence-corrected chi connectivity index (χ0v) is 14.1. The normalized spacial score (nSPS) is 20.1. The molecule has 5 heteroatoms. The smallest absolute Gasteiger partial charge is 0.139 e. The van der Waals surface area contributed by atoms with Gasteiger partial charge in [0.15, 0.2) is 0 Å². The van der Waals surface area contributed by atoms with Gasteiger partial charge in [0.05, 0.1) is 15.5 Å². The second-order valence-electron chi connectivity index (χ2n) is 6.44. The Balaban J connectivity index is 1.80. The van der Waals surface area contributed by atoms with E-state index < -0.39 is 0 Å². The van der Waals surface area contributed by atoms with Gasteiger partial charge in [0.25, 0.3) is 0 Å². The molecule has 0 amide bonds. The molecule has 0 radical (unpaired) electrons. The second kappa shape index (κ2) is 4.95. The SMILES string of the molecule is Fc1cc2c(cc1Br)nc(CCCl)n2CC1(C2CC2)CC1. The summed E-state index contributed by atoms with van der Waals surface area (Å²) in [5.74, 6) is 2.18. The van der Waals surface area contributed by atoms with Gasteiger partial charge >= 0.3 is 0 Å². The maximum atomic E-state index is 13.9. The van der Waals surface area contributed by atoms with Gasteiger partial charge in [-0.3, -0.25) is 0 Å². The van der Waals surface area contributed by atoms with Crippen LogP contribution in [0.1, 0.15) is 31.5 Å². The Morgan fingerprint density at radius 3 is 2.76 bits per heavy atom. The molecule has 4 rings (SSSR count). The fourth-order valence-corrected chi connectivity index (χ4v) is 3.99. The molecular formula is C16H17BrClFN2. The average molecular weight is 372 g/mol. The third-order valence-corrected chi connectivity index (χ3v) is 5.79. The number of benzene rings is 1. The lowest BCUT2D eigenvalue weighted by atomic mass is 10.0. The van der Waals surface area contributed by atoms with Crippen LogP contribution in [-0.2, 0) is 13.0 Å². The number of rotatable bonds is 5. The molecule has 21 heavy (non-hydrogen) atoms. The third-order valence-electron chi connectivity index (χ3n) is 5.00. The van der Waals surface area contributed by atoms with E-state index in [0.717, 1.165) is 35.7 Å². The monoisotopic (exact) mass is 370 g/mol. The lowest BCUT2D eigenvalue weighted by Gasteiger charge is -2.17. The minimum atomic E-state index is -0.225. The van der Waals surface area contributed by atoms with Gasteiger partial charge in [-0.2, -0.15) is 0 Å². The molecule has 2 fully saturated rings. The van der Waals surface area contributed by atoms with Crippen molar-refractivity contribution in [3.8, 4) is 0 Å². The van der Waals surface area contributed by atoms with Crippen LogP contribution in [0.5, 0.6) is 0 Å². The van der Waals surface area contributed by atoms with E-state index in [1.54, 1.807) is 12.1 Å². The molecule has 0 bridgehead atoms. The minimum absolute atomic E-state index is 0.225. The van der Waals surface area contributed by atoms with Crippen molar-refractivity contribution in [1.29, 1.82) is 0 Å². The first-order chi connectivity index (χ1) is 10.1. The summed E-state index contributed by atoms with van der Waals surface area (Å²) in [4.78, 5) is 4.68. The van der Waals surface area contributed by atoms with E-state index in [1.807, 2.05) is 0 Å². The van der Waals surface area contributed by atoms with Gasteiger partial charge in [0, 0.05) is 24.9 Å². The lowest BCUT2D eigenvalue weighted by Crippen LogP contribution is -2.16. The first-order valence-electron chi connectivity index (χ1n) is 7.53. The van der Waals surface area contributed by atoms with Crippen LogP contribution in [0, 0.1) is 17.2 Å². The van der Waals surface area contributed by atoms with E-state index in [-0.39, 0.29) is 5.82 Å². The average Bonchev–Trinajstić information content (AvgIpc) is 3.33. The van der Waals surface area contributed by atoms with Crippen molar-refractivity contribution in [2.75, 3.05) is 5.88 Å². The Morgan fingerprint density at radius 1 is 1.38 bits per heavy atom. The molecule has 0 spiro atoms. The molecule has 2 aromatic rings. The summed E-state index contributed by atoms with van der Waals surface area (Å²) < 4.78 is 16.6. The maximum absolute atomic E-state index is 13.9. The first kappa shape index (κ1) is 14.0. The zero-order chi connectivity index (χ0) is 14.6. The molecule has 2 aliphatic carbocycles. The molecule has 1 aromatic heterocycles. The summed E-state index contributed by atoms with van der Waals surface area (Å²) in [5, 5.41) is 0. The van der Waals surface area contributed by atoms with E-state index in [2.05, 4.69) is 25.5 Å². The molecular weight excluding hydrogens is 355 g/mol. The molecule has 0 unspecified atom stereocenters. The molecule has 1 heterocycles. The molecule has 112 valence electrons. The molecule has 1 aromatic carbocycles. The predicted molar refractivity (Wildman–Crippen MR) is 86.2 cm³/mol. The Bertz CT molecular complexity index is 704. The summed E-state index contributed by atoms with van der Waals surface area (Å²) in [5.41, 5.74) is 2.22. The van der Waals surface area contributed by atoms with Crippen LogP contribution in [0.2, 0.25) is 0 Å². The standard InChI is InChI=1S/C16H17BrClFN2/c17-11-7-13-14(8-12(11)19)21(15(20-13)3-6-18)9-16(4-5-16)10-1-2-10/h7-8,10H,1-6,9H2. The van der Waals surface area contributed by atoms with E-state index in [4.69, 9.17) is 11.6 Å². The van der Waals surface area contributed by atoms with E-state index >= 15 is 0 Å². The highest BCUT2D eigenvalue weighted by Gasteiger charge is 2.54. The molecule has 2 saturated carbocycles. The summed E-state index contributed by atoms with van der Waals surface area (Å²) >= 11 is 9.17. The van der Waals surface area contributed by atoms with Crippen molar-refractivity contribution in [3.63, 3.8) is 0 Å². The number of aryl methyl sites for hydroxylation is 1.